The van der Waals surface area contributed by atoms with Crippen LogP contribution in [0.25, 0.3) is 0 Å². The fraction of sp³-hybridized carbons (Fsp3) is 0.182. The van der Waals surface area contributed by atoms with Gasteiger partial charge in [0, 0.05) is 18.0 Å². The van der Waals surface area contributed by atoms with Gasteiger partial charge >= 0.3 is 0 Å². The van der Waals surface area contributed by atoms with Crippen LogP contribution in [0.1, 0.15) is 23.1 Å². The molecule has 150 valence electrons. The molecule has 0 atom stereocenters. The number of pyridine rings is 1. The lowest BCUT2D eigenvalue weighted by Crippen LogP contribution is -2.22. The largest absolute Gasteiger partial charge is 0.439 e. The van der Waals surface area contributed by atoms with Crippen molar-refractivity contribution < 1.29 is 9.13 Å². The number of aryl methyl sites for hydroxylation is 2. The summed E-state index contributed by atoms with van der Waals surface area (Å²) in [6.07, 6.45) is 5.14. The van der Waals surface area contributed by atoms with E-state index in [1.165, 1.54) is 29.7 Å². The molecule has 0 saturated heterocycles. The number of aliphatic imine (C=N–C) groups is 1. The molecule has 1 aliphatic rings. The highest BCUT2D eigenvalue weighted by atomic mass is 127. The summed E-state index contributed by atoms with van der Waals surface area (Å²) in [5, 5.41) is 3.15. The third-order valence-corrected chi connectivity index (χ3v) is 4.64. The minimum absolute atomic E-state index is 0. The Morgan fingerprint density at radius 1 is 1.07 bits per heavy atom. The van der Waals surface area contributed by atoms with Crippen molar-refractivity contribution >= 4 is 35.6 Å². The first-order chi connectivity index (χ1) is 13.7. The molecular weight excluding hydrogens is 482 g/mol. The second kappa shape index (κ2) is 9.69. The molecule has 0 spiro atoms. The van der Waals surface area contributed by atoms with Crippen LogP contribution < -0.4 is 15.8 Å². The Kier molecular flexibility index (Phi) is 7.03. The predicted octanol–water partition coefficient (Wildman–Crippen LogP) is 5.05. The number of guanidine groups is 1. The molecule has 1 aliphatic carbocycles. The first-order valence-electron chi connectivity index (χ1n) is 9.23. The van der Waals surface area contributed by atoms with Gasteiger partial charge in [0.1, 0.15) is 11.6 Å². The van der Waals surface area contributed by atoms with E-state index in [4.69, 9.17) is 10.5 Å². The zero-order chi connectivity index (χ0) is 19.3. The van der Waals surface area contributed by atoms with Crippen LogP contribution in [0.2, 0.25) is 0 Å². The molecule has 0 unspecified atom stereocenters. The maximum atomic E-state index is 13.0. The van der Waals surface area contributed by atoms with Gasteiger partial charge in [-0.05, 0) is 78.4 Å². The zero-order valence-corrected chi connectivity index (χ0v) is 18.1. The number of hydrogen-bond donors (Lipinski definition) is 2. The maximum absolute atomic E-state index is 13.0. The number of ether oxygens (including phenoxy) is 1. The highest BCUT2D eigenvalue weighted by Crippen LogP contribution is 2.25. The molecule has 4 rings (SSSR count). The lowest BCUT2D eigenvalue weighted by atomic mass is 10.1. The number of rotatable bonds is 5. The summed E-state index contributed by atoms with van der Waals surface area (Å²) in [6.45, 7) is 0.395. The molecule has 0 aliphatic heterocycles. The number of nitrogens with one attached hydrogen (secondary N) is 1. The molecule has 0 bridgehead atoms. The van der Waals surface area contributed by atoms with Gasteiger partial charge in [-0.25, -0.2) is 14.4 Å². The number of hydrogen-bond acceptors (Lipinski definition) is 3. The summed E-state index contributed by atoms with van der Waals surface area (Å²) < 4.78 is 18.6. The predicted molar refractivity (Wildman–Crippen MR) is 124 cm³/mol. The van der Waals surface area contributed by atoms with Crippen molar-refractivity contribution in [2.24, 2.45) is 10.7 Å². The molecule has 3 aromatic rings. The highest BCUT2D eigenvalue weighted by molar-refractivity contribution is 14.0. The fourth-order valence-corrected chi connectivity index (χ4v) is 3.24. The second-order valence-electron chi connectivity index (χ2n) is 6.72. The van der Waals surface area contributed by atoms with Gasteiger partial charge in [0.15, 0.2) is 5.96 Å². The number of benzene rings is 2. The third-order valence-electron chi connectivity index (χ3n) is 4.64. The van der Waals surface area contributed by atoms with Crippen LogP contribution in [0.3, 0.4) is 0 Å². The Balaban J connectivity index is 0.00000240. The van der Waals surface area contributed by atoms with E-state index in [9.17, 15) is 4.39 Å². The molecule has 0 radical (unpaired) electrons. The topological polar surface area (TPSA) is 72.5 Å². The first-order valence-corrected chi connectivity index (χ1v) is 9.23. The van der Waals surface area contributed by atoms with E-state index < -0.39 is 0 Å². The summed E-state index contributed by atoms with van der Waals surface area (Å²) in [7, 11) is 0. The van der Waals surface area contributed by atoms with E-state index in [0.717, 1.165) is 24.1 Å². The molecular formula is C22H22FIN4O. The van der Waals surface area contributed by atoms with Crippen LogP contribution in [0.4, 0.5) is 10.1 Å². The zero-order valence-electron chi connectivity index (χ0n) is 15.8. The molecule has 5 nitrogen and oxygen atoms in total. The van der Waals surface area contributed by atoms with Gasteiger partial charge < -0.3 is 15.8 Å². The number of halogens is 2. The third kappa shape index (κ3) is 5.66. The molecule has 1 aromatic heterocycles. The Morgan fingerprint density at radius 3 is 2.69 bits per heavy atom. The van der Waals surface area contributed by atoms with Crippen molar-refractivity contribution in [2.75, 3.05) is 5.32 Å². The van der Waals surface area contributed by atoms with E-state index in [1.807, 2.05) is 12.1 Å². The number of anilines is 1. The maximum Gasteiger partial charge on any atom is 0.219 e. The Hall–Kier alpha value is -2.68. The summed E-state index contributed by atoms with van der Waals surface area (Å²) in [6, 6.07) is 15.8. The van der Waals surface area contributed by atoms with Crippen LogP contribution in [0, 0.1) is 5.82 Å². The van der Waals surface area contributed by atoms with Crippen molar-refractivity contribution in [2.45, 2.75) is 25.8 Å². The molecule has 1 heterocycles. The van der Waals surface area contributed by atoms with E-state index in [0.29, 0.717) is 24.1 Å². The lowest BCUT2D eigenvalue weighted by molar-refractivity contribution is 0.460. The number of nitrogens with two attached hydrogens (primary N) is 1. The lowest BCUT2D eigenvalue weighted by Gasteiger charge is -2.08. The van der Waals surface area contributed by atoms with E-state index in [1.54, 1.807) is 24.4 Å². The van der Waals surface area contributed by atoms with Gasteiger partial charge in [-0.15, -0.1) is 24.0 Å². The van der Waals surface area contributed by atoms with Crippen LogP contribution in [-0.2, 0) is 19.4 Å². The fourth-order valence-electron chi connectivity index (χ4n) is 3.24. The second-order valence-corrected chi connectivity index (χ2v) is 6.72. The molecule has 7 heteroatoms. The number of nitrogens with zero attached hydrogens (tertiary/aromatic N) is 2. The quantitative estimate of drug-likeness (QED) is 0.290. The van der Waals surface area contributed by atoms with Crippen molar-refractivity contribution in [1.29, 1.82) is 0 Å². The number of fused-ring (bicyclic) bond motifs is 1. The van der Waals surface area contributed by atoms with Gasteiger partial charge in [-0.3, -0.25) is 0 Å². The van der Waals surface area contributed by atoms with Gasteiger partial charge in [0.05, 0.1) is 6.54 Å². The van der Waals surface area contributed by atoms with Gasteiger partial charge in [-0.2, -0.15) is 0 Å². The van der Waals surface area contributed by atoms with Crippen molar-refractivity contribution in [3.05, 3.63) is 83.3 Å². The summed E-state index contributed by atoms with van der Waals surface area (Å²) >= 11 is 0. The minimum atomic E-state index is -0.310. The molecule has 0 fully saturated rings. The Morgan fingerprint density at radius 2 is 1.86 bits per heavy atom. The van der Waals surface area contributed by atoms with Gasteiger partial charge in [-0.1, -0.05) is 6.07 Å². The smallest absolute Gasteiger partial charge is 0.219 e. The van der Waals surface area contributed by atoms with E-state index in [-0.39, 0.29) is 29.8 Å². The normalized spacial score (nSPS) is 12.8. The summed E-state index contributed by atoms with van der Waals surface area (Å²) in [5.41, 5.74) is 10.7. The van der Waals surface area contributed by atoms with E-state index in [2.05, 4.69) is 27.4 Å². The monoisotopic (exact) mass is 504 g/mol. The first kappa shape index (κ1) is 21.0. The highest BCUT2D eigenvalue weighted by Gasteiger charge is 2.10. The van der Waals surface area contributed by atoms with Gasteiger partial charge in [0.2, 0.25) is 5.88 Å². The van der Waals surface area contributed by atoms with Crippen LogP contribution in [-0.4, -0.2) is 10.9 Å². The molecule has 2 aromatic carbocycles. The minimum Gasteiger partial charge on any atom is -0.439 e. The van der Waals surface area contributed by atoms with Gasteiger partial charge in [0.25, 0.3) is 0 Å². The average molecular weight is 504 g/mol. The Bertz CT molecular complexity index is 1010. The number of aromatic nitrogens is 1. The van der Waals surface area contributed by atoms with Crippen LogP contribution in [0.5, 0.6) is 11.6 Å². The van der Waals surface area contributed by atoms with Crippen molar-refractivity contribution in [3.8, 4) is 11.6 Å². The van der Waals surface area contributed by atoms with Crippen molar-refractivity contribution in [3.63, 3.8) is 0 Å². The average Bonchev–Trinajstić information content (AvgIpc) is 3.16. The van der Waals surface area contributed by atoms with Crippen molar-refractivity contribution in [1.82, 2.24) is 4.98 Å². The molecule has 3 N–H and O–H groups in total. The standard InChI is InChI=1S/C22H21FN4O.HI/c23-18-5-8-20(9-6-18)28-21-12-15(10-11-25-21)14-26-22(24)27-19-7-4-16-2-1-3-17(16)13-19;/h4-13H,1-3,14H2,(H3,24,26,27);1H. The van der Waals surface area contributed by atoms with E-state index >= 15 is 0 Å². The summed E-state index contributed by atoms with van der Waals surface area (Å²) in [5.74, 6) is 0.988. The molecule has 0 amide bonds. The molecule has 29 heavy (non-hydrogen) atoms. The SMILES string of the molecule is I.NC(=NCc1ccnc(Oc2ccc(F)cc2)c1)Nc1ccc2c(c1)CCC2. The van der Waals surface area contributed by atoms with Crippen LogP contribution in [0.15, 0.2) is 65.8 Å². The Labute approximate surface area is 186 Å². The summed E-state index contributed by atoms with van der Waals surface area (Å²) in [4.78, 5) is 8.57. The molecule has 0 saturated carbocycles. The van der Waals surface area contributed by atoms with Crippen LogP contribution >= 0.6 is 24.0 Å².